The molecule has 2 unspecified atom stereocenters. The third-order valence-corrected chi connectivity index (χ3v) is 4.93. The van der Waals surface area contributed by atoms with Gasteiger partial charge in [0.05, 0.1) is 17.6 Å². The monoisotopic (exact) mass is 278 g/mol. The van der Waals surface area contributed by atoms with Crippen molar-refractivity contribution in [3.63, 3.8) is 0 Å². The van der Waals surface area contributed by atoms with Crippen LogP contribution in [0.4, 0.5) is 0 Å². The number of rotatable bonds is 6. The number of thioether (sulfide) groups is 1. The van der Waals surface area contributed by atoms with Crippen LogP contribution < -0.4 is 0 Å². The van der Waals surface area contributed by atoms with Crippen LogP contribution in [-0.2, 0) is 5.88 Å². The lowest BCUT2D eigenvalue weighted by Gasteiger charge is -2.29. The number of halogens is 1. The molecule has 16 heavy (non-hydrogen) atoms. The number of hydrogen-bond donors (Lipinski definition) is 0. The van der Waals surface area contributed by atoms with Crippen LogP contribution in [0.15, 0.2) is 5.38 Å². The largest absolute Gasteiger partial charge is 0.294 e. The molecule has 0 aromatic carbocycles. The highest BCUT2D eigenvalue weighted by Crippen LogP contribution is 2.25. The zero-order valence-electron chi connectivity index (χ0n) is 10.2. The zero-order valence-corrected chi connectivity index (χ0v) is 12.6. The molecule has 0 aliphatic carbocycles. The summed E-state index contributed by atoms with van der Waals surface area (Å²) in [5.41, 5.74) is 0.986. The summed E-state index contributed by atoms with van der Waals surface area (Å²) in [5.74, 6) is 1.65. The summed E-state index contributed by atoms with van der Waals surface area (Å²) >= 11 is 9.35. The third kappa shape index (κ3) is 3.62. The fourth-order valence-electron chi connectivity index (χ4n) is 1.49. The smallest absolute Gasteiger partial charge is 0.110 e. The van der Waals surface area contributed by atoms with Gasteiger partial charge in [-0.3, -0.25) is 4.90 Å². The highest BCUT2D eigenvalue weighted by Gasteiger charge is 2.19. The molecular formula is C11H19ClN2S2. The molecule has 2 nitrogen and oxygen atoms in total. The van der Waals surface area contributed by atoms with Crippen LogP contribution >= 0.6 is 34.7 Å². The molecule has 92 valence electrons. The van der Waals surface area contributed by atoms with Crippen molar-refractivity contribution in [3.05, 3.63) is 16.1 Å². The molecule has 1 aromatic heterocycles. The van der Waals surface area contributed by atoms with Gasteiger partial charge in [0, 0.05) is 17.2 Å². The fourth-order valence-corrected chi connectivity index (χ4v) is 3.36. The Morgan fingerprint density at radius 3 is 2.75 bits per heavy atom. The molecule has 0 fully saturated rings. The van der Waals surface area contributed by atoms with Crippen molar-refractivity contribution in [1.82, 2.24) is 9.88 Å². The van der Waals surface area contributed by atoms with Gasteiger partial charge in [-0.1, -0.05) is 0 Å². The van der Waals surface area contributed by atoms with Crippen LogP contribution in [0.5, 0.6) is 0 Å². The van der Waals surface area contributed by atoms with Gasteiger partial charge in [0.25, 0.3) is 0 Å². The first-order valence-corrected chi connectivity index (χ1v) is 8.12. The molecule has 0 saturated heterocycles. The lowest BCUT2D eigenvalue weighted by molar-refractivity contribution is 0.213. The van der Waals surface area contributed by atoms with Gasteiger partial charge in [-0.25, -0.2) is 4.98 Å². The van der Waals surface area contributed by atoms with Crippen molar-refractivity contribution >= 4 is 34.7 Å². The fraction of sp³-hybridized carbons (Fsp3) is 0.727. The van der Waals surface area contributed by atoms with E-state index in [2.05, 4.69) is 37.0 Å². The minimum absolute atomic E-state index is 0.365. The molecule has 0 bridgehead atoms. The molecule has 0 spiro atoms. The molecular weight excluding hydrogens is 260 g/mol. The highest BCUT2D eigenvalue weighted by molar-refractivity contribution is 7.98. The molecule has 0 aliphatic heterocycles. The van der Waals surface area contributed by atoms with E-state index in [0.717, 1.165) is 16.5 Å². The second kappa shape index (κ2) is 6.84. The maximum absolute atomic E-state index is 5.76. The van der Waals surface area contributed by atoms with Gasteiger partial charge in [-0.05, 0) is 27.2 Å². The maximum atomic E-state index is 5.76. The lowest BCUT2D eigenvalue weighted by atomic mass is 10.2. The van der Waals surface area contributed by atoms with E-state index in [1.165, 1.54) is 0 Å². The first-order valence-electron chi connectivity index (χ1n) is 5.31. The zero-order chi connectivity index (χ0) is 12.1. The van der Waals surface area contributed by atoms with E-state index in [9.17, 15) is 0 Å². The van der Waals surface area contributed by atoms with Crippen LogP contribution in [0.1, 0.15) is 30.6 Å². The Balaban J connectivity index is 2.65. The molecule has 2 atom stereocenters. The lowest BCUT2D eigenvalue weighted by Crippen LogP contribution is -2.33. The molecule has 0 aliphatic rings. The van der Waals surface area contributed by atoms with Crippen LogP contribution in [0, 0.1) is 0 Å². The Kier molecular flexibility index (Phi) is 6.11. The molecule has 0 N–H and O–H groups in total. The first kappa shape index (κ1) is 14.3. The topological polar surface area (TPSA) is 16.1 Å². The molecule has 1 rings (SSSR count). The number of nitrogens with zero attached hydrogens (tertiary/aromatic N) is 2. The predicted molar refractivity (Wildman–Crippen MR) is 75.7 cm³/mol. The molecule has 0 saturated carbocycles. The standard InChI is InChI=1S/C11H19ClN2S2/c1-8(6-15-4)14(3)9(2)11-13-10(5-12)7-16-11/h7-9H,5-6H2,1-4H3. The second-order valence-corrected chi connectivity index (χ2v) is 6.02. The van der Waals surface area contributed by atoms with Gasteiger partial charge in [-0.2, -0.15) is 11.8 Å². The average molecular weight is 279 g/mol. The molecule has 5 heteroatoms. The molecule has 1 aromatic rings. The second-order valence-electron chi connectivity index (χ2n) is 3.96. The minimum Gasteiger partial charge on any atom is -0.294 e. The Morgan fingerprint density at radius 2 is 2.25 bits per heavy atom. The Morgan fingerprint density at radius 1 is 1.56 bits per heavy atom. The number of hydrogen-bond acceptors (Lipinski definition) is 4. The van der Waals surface area contributed by atoms with Crippen molar-refractivity contribution in [2.24, 2.45) is 0 Å². The number of aromatic nitrogens is 1. The van der Waals surface area contributed by atoms with Crippen molar-refractivity contribution in [2.75, 3.05) is 19.1 Å². The summed E-state index contributed by atoms with van der Waals surface area (Å²) in [5, 5.41) is 3.21. The minimum atomic E-state index is 0.365. The van der Waals surface area contributed by atoms with Crippen LogP contribution in [-0.4, -0.2) is 35.0 Å². The van der Waals surface area contributed by atoms with Gasteiger partial charge in [-0.15, -0.1) is 22.9 Å². The van der Waals surface area contributed by atoms with Gasteiger partial charge < -0.3 is 0 Å². The average Bonchev–Trinajstić information content (AvgIpc) is 2.75. The highest BCUT2D eigenvalue weighted by atomic mass is 35.5. The van der Waals surface area contributed by atoms with Gasteiger partial charge in [0.2, 0.25) is 0 Å². The van der Waals surface area contributed by atoms with E-state index in [1.54, 1.807) is 11.3 Å². The summed E-state index contributed by atoms with van der Waals surface area (Å²) in [4.78, 5) is 6.90. The number of alkyl halides is 1. The van der Waals surface area contributed by atoms with Crippen LogP contribution in [0.3, 0.4) is 0 Å². The first-order chi connectivity index (χ1) is 7.60. The van der Waals surface area contributed by atoms with E-state index < -0.39 is 0 Å². The Bertz CT molecular complexity index is 317. The SMILES string of the molecule is CSCC(C)N(C)C(C)c1nc(CCl)cs1. The van der Waals surface area contributed by atoms with E-state index in [1.807, 2.05) is 17.1 Å². The summed E-state index contributed by atoms with van der Waals surface area (Å²) < 4.78 is 0. The normalized spacial score (nSPS) is 15.4. The maximum Gasteiger partial charge on any atom is 0.110 e. The predicted octanol–water partition coefficient (Wildman–Crippen LogP) is 3.63. The van der Waals surface area contributed by atoms with Gasteiger partial charge >= 0.3 is 0 Å². The van der Waals surface area contributed by atoms with Gasteiger partial charge in [0.1, 0.15) is 5.01 Å². The van der Waals surface area contributed by atoms with E-state index in [0.29, 0.717) is 18.0 Å². The molecule has 1 heterocycles. The summed E-state index contributed by atoms with van der Waals surface area (Å²) in [6.07, 6.45) is 2.14. The van der Waals surface area contributed by atoms with Crippen molar-refractivity contribution in [3.8, 4) is 0 Å². The van der Waals surface area contributed by atoms with Crippen molar-refractivity contribution in [1.29, 1.82) is 0 Å². The van der Waals surface area contributed by atoms with E-state index >= 15 is 0 Å². The van der Waals surface area contributed by atoms with Crippen LogP contribution in [0.25, 0.3) is 0 Å². The van der Waals surface area contributed by atoms with Crippen molar-refractivity contribution < 1.29 is 0 Å². The third-order valence-electron chi connectivity index (χ3n) is 2.78. The summed E-state index contributed by atoms with van der Waals surface area (Å²) in [7, 11) is 2.16. The Labute approximate surface area is 111 Å². The van der Waals surface area contributed by atoms with Crippen LogP contribution in [0.2, 0.25) is 0 Å². The van der Waals surface area contributed by atoms with Gasteiger partial charge in [0.15, 0.2) is 0 Å². The molecule has 0 amide bonds. The van der Waals surface area contributed by atoms with Crippen molar-refractivity contribution in [2.45, 2.75) is 31.8 Å². The molecule has 0 radical (unpaired) electrons. The van der Waals surface area contributed by atoms with E-state index in [-0.39, 0.29) is 0 Å². The Hall–Kier alpha value is 0.230. The number of thiazole rings is 1. The summed E-state index contributed by atoms with van der Waals surface area (Å²) in [6.45, 7) is 4.46. The summed E-state index contributed by atoms with van der Waals surface area (Å²) in [6, 6.07) is 0.928. The van der Waals surface area contributed by atoms with E-state index in [4.69, 9.17) is 11.6 Å². The quantitative estimate of drug-likeness (QED) is 0.740.